The third-order valence-electron chi connectivity index (χ3n) is 2.16. The number of amides is 1. The Labute approximate surface area is 93.3 Å². The van der Waals surface area contributed by atoms with Crippen molar-refractivity contribution in [3.05, 3.63) is 12.7 Å². The van der Waals surface area contributed by atoms with Gasteiger partial charge in [0.2, 0.25) is 5.91 Å². The number of esters is 1. The average molecular weight is 229 g/mol. The van der Waals surface area contributed by atoms with Gasteiger partial charge in [-0.1, -0.05) is 20.4 Å². The third kappa shape index (κ3) is 4.59. The van der Waals surface area contributed by atoms with Crippen molar-refractivity contribution < 1.29 is 24.2 Å². The third-order valence-corrected chi connectivity index (χ3v) is 2.16. The molecule has 0 aromatic rings. The van der Waals surface area contributed by atoms with Crippen LogP contribution in [0.4, 0.5) is 0 Å². The number of ether oxygens (including phenoxy) is 1. The number of carboxylic acids is 1. The van der Waals surface area contributed by atoms with Crippen LogP contribution in [0.2, 0.25) is 0 Å². The number of carboxylic acid groups (broad SMARTS) is 1. The van der Waals surface area contributed by atoms with Crippen LogP contribution in [0.25, 0.3) is 0 Å². The van der Waals surface area contributed by atoms with Gasteiger partial charge < -0.3 is 15.2 Å². The molecule has 0 aliphatic heterocycles. The summed E-state index contributed by atoms with van der Waals surface area (Å²) >= 11 is 0. The van der Waals surface area contributed by atoms with Crippen LogP contribution >= 0.6 is 0 Å². The van der Waals surface area contributed by atoms with Gasteiger partial charge in [-0.3, -0.25) is 14.4 Å². The molecule has 0 heterocycles. The number of carbonyl (C=O) groups excluding carboxylic acids is 2. The van der Waals surface area contributed by atoms with E-state index in [0.717, 1.165) is 6.08 Å². The zero-order valence-corrected chi connectivity index (χ0v) is 9.23. The summed E-state index contributed by atoms with van der Waals surface area (Å²) in [6, 6.07) is 0. The van der Waals surface area contributed by atoms with Gasteiger partial charge in [-0.25, -0.2) is 0 Å². The minimum absolute atomic E-state index is 0.291. The zero-order chi connectivity index (χ0) is 12.7. The molecule has 1 amide bonds. The van der Waals surface area contributed by atoms with Gasteiger partial charge in [0.15, 0.2) is 6.73 Å². The van der Waals surface area contributed by atoms with Gasteiger partial charge >= 0.3 is 11.9 Å². The summed E-state index contributed by atoms with van der Waals surface area (Å²) in [4.78, 5) is 32.6. The summed E-state index contributed by atoms with van der Waals surface area (Å²) < 4.78 is 4.67. The molecule has 0 aromatic heterocycles. The Kier molecular flexibility index (Phi) is 5.84. The van der Waals surface area contributed by atoms with Gasteiger partial charge in [0, 0.05) is 0 Å². The molecule has 0 bridgehead atoms. The van der Waals surface area contributed by atoms with E-state index in [4.69, 9.17) is 5.11 Å². The molecule has 0 aromatic carbocycles. The molecule has 16 heavy (non-hydrogen) atoms. The molecule has 0 aliphatic rings. The average Bonchev–Trinajstić information content (AvgIpc) is 2.26. The monoisotopic (exact) mass is 229 g/mol. The minimum atomic E-state index is -1.07. The lowest BCUT2D eigenvalue weighted by Crippen LogP contribution is -2.31. The first-order valence-electron chi connectivity index (χ1n) is 4.69. The fraction of sp³-hybridized carbons (Fsp3) is 0.500. The molecule has 6 heteroatoms. The first-order chi connectivity index (χ1) is 7.40. The van der Waals surface area contributed by atoms with Crippen molar-refractivity contribution in [1.29, 1.82) is 0 Å². The van der Waals surface area contributed by atoms with Crippen molar-refractivity contribution in [2.45, 2.75) is 13.8 Å². The molecular formula is C10H15NO5. The fourth-order valence-corrected chi connectivity index (χ4v) is 0.800. The molecule has 0 aliphatic carbocycles. The van der Waals surface area contributed by atoms with Crippen LogP contribution < -0.4 is 5.32 Å². The summed E-state index contributed by atoms with van der Waals surface area (Å²) in [5.41, 5.74) is 0. The Morgan fingerprint density at radius 1 is 1.38 bits per heavy atom. The van der Waals surface area contributed by atoms with Crippen molar-refractivity contribution >= 4 is 17.8 Å². The van der Waals surface area contributed by atoms with E-state index >= 15 is 0 Å². The van der Waals surface area contributed by atoms with Gasteiger partial charge in [0.05, 0.1) is 11.8 Å². The van der Waals surface area contributed by atoms with E-state index in [2.05, 4.69) is 16.6 Å². The zero-order valence-electron chi connectivity index (χ0n) is 9.23. The molecule has 90 valence electrons. The molecule has 0 saturated carbocycles. The lowest BCUT2D eigenvalue weighted by atomic mass is 9.96. The number of hydrogen-bond donors (Lipinski definition) is 2. The molecule has 6 nitrogen and oxygen atoms in total. The first-order valence-corrected chi connectivity index (χ1v) is 4.69. The van der Waals surface area contributed by atoms with Crippen molar-refractivity contribution in [3.8, 4) is 0 Å². The molecule has 0 fully saturated rings. The van der Waals surface area contributed by atoms with Gasteiger partial charge in [0.1, 0.15) is 0 Å². The van der Waals surface area contributed by atoms with Crippen molar-refractivity contribution in [1.82, 2.24) is 5.32 Å². The van der Waals surface area contributed by atoms with Crippen LogP contribution in [0.3, 0.4) is 0 Å². The van der Waals surface area contributed by atoms with E-state index < -0.39 is 29.7 Å². The maximum atomic E-state index is 11.3. The number of aliphatic carboxylic acids is 1. The summed E-state index contributed by atoms with van der Waals surface area (Å²) in [5, 5.41) is 10.9. The van der Waals surface area contributed by atoms with E-state index in [-0.39, 0.29) is 6.73 Å². The highest BCUT2D eigenvalue weighted by molar-refractivity contribution is 5.87. The van der Waals surface area contributed by atoms with E-state index in [1.54, 1.807) is 0 Å². The highest BCUT2D eigenvalue weighted by Gasteiger charge is 2.26. The molecule has 2 unspecified atom stereocenters. The molecule has 0 radical (unpaired) electrons. The Morgan fingerprint density at radius 2 is 1.94 bits per heavy atom. The van der Waals surface area contributed by atoms with E-state index in [1.807, 2.05) is 0 Å². The van der Waals surface area contributed by atoms with Gasteiger partial charge in [-0.15, -0.1) is 0 Å². The summed E-state index contributed by atoms with van der Waals surface area (Å²) in [7, 11) is 0. The number of nitrogens with one attached hydrogen (secondary N) is 1. The van der Waals surface area contributed by atoms with Crippen LogP contribution in [0, 0.1) is 11.8 Å². The van der Waals surface area contributed by atoms with Crippen LogP contribution in [0.5, 0.6) is 0 Å². The fourth-order valence-electron chi connectivity index (χ4n) is 0.800. The van der Waals surface area contributed by atoms with E-state index in [1.165, 1.54) is 13.8 Å². The molecular weight excluding hydrogens is 214 g/mol. The highest BCUT2D eigenvalue weighted by Crippen LogP contribution is 2.12. The number of rotatable bonds is 6. The van der Waals surface area contributed by atoms with Crippen molar-refractivity contribution in [2.24, 2.45) is 11.8 Å². The largest absolute Gasteiger partial charge is 0.481 e. The second-order valence-corrected chi connectivity index (χ2v) is 3.27. The highest BCUT2D eigenvalue weighted by atomic mass is 16.5. The number of hydrogen-bond acceptors (Lipinski definition) is 4. The Hall–Kier alpha value is -1.85. The molecule has 2 N–H and O–H groups in total. The van der Waals surface area contributed by atoms with Crippen molar-refractivity contribution in [2.75, 3.05) is 6.73 Å². The standard InChI is InChI=1S/C10H15NO5/c1-4-8(12)11-5-16-10(15)7(3)6(2)9(13)14/h4,6-7H,1,5H2,2-3H3,(H,11,12)(H,13,14). The Balaban J connectivity index is 4.02. The lowest BCUT2D eigenvalue weighted by molar-refractivity contribution is -0.157. The minimum Gasteiger partial charge on any atom is -0.481 e. The predicted octanol–water partition coefficient (Wildman–Crippen LogP) is 0.146. The predicted molar refractivity (Wildman–Crippen MR) is 55.3 cm³/mol. The summed E-state index contributed by atoms with van der Waals surface area (Å²) in [6.45, 7) is 5.79. The lowest BCUT2D eigenvalue weighted by Gasteiger charge is -2.14. The number of carbonyl (C=O) groups is 3. The van der Waals surface area contributed by atoms with Crippen molar-refractivity contribution in [3.63, 3.8) is 0 Å². The summed E-state index contributed by atoms with van der Waals surface area (Å²) in [5.74, 6) is -3.80. The molecule has 2 atom stereocenters. The van der Waals surface area contributed by atoms with Crippen LogP contribution in [0.15, 0.2) is 12.7 Å². The maximum Gasteiger partial charge on any atom is 0.311 e. The molecule has 0 rings (SSSR count). The van der Waals surface area contributed by atoms with Crippen LogP contribution in [-0.2, 0) is 19.1 Å². The topological polar surface area (TPSA) is 92.7 Å². The van der Waals surface area contributed by atoms with Gasteiger partial charge in [0.25, 0.3) is 0 Å². The van der Waals surface area contributed by atoms with E-state index in [0.29, 0.717) is 0 Å². The maximum absolute atomic E-state index is 11.3. The Bertz CT molecular complexity index is 300. The first kappa shape index (κ1) is 14.2. The SMILES string of the molecule is C=CC(=O)NCOC(=O)C(C)C(C)C(=O)O. The van der Waals surface area contributed by atoms with Gasteiger partial charge in [-0.05, 0) is 6.08 Å². The molecule has 0 spiro atoms. The second-order valence-electron chi connectivity index (χ2n) is 3.27. The smallest absolute Gasteiger partial charge is 0.311 e. The summed E-state index contributed by atoms with van der Waals surface area (Å²) in [6.07, 6.45) is 1.04. The Morgan fingerprint density at radius 3 is 2.38 bits per heavy atom. The quantitative estimate of drug-likeness (QED) is 0.384. The molecule has 0 saturated heterocycles. The van der Waals surface area contributed by atoms with Crippen LogP contribution in [0.1, 0.15) is 13.8 Å². The van der Waals surface area contributed by atoms with Crippen LogP contribution in [-0.4, -0.2) is 29.7 Å². The van der Waals surface area contributed by atoms with Gasteiger partial charge in [-0.2, -0.15) is 0 Å². The second kappa shape index (κ2) is 6.60. The van der Waals surface area contributed by atoms with E-state index in [9.17, 15) is 14.4 Å². The normalized spacial score (nSPS) is 13.4.